The predicted octanol–water partition coefficient (Wildman–Crippen LogP) is 1.07. The Hall–Kier alpha value is -0.613. The minimum Gasteiger partial charge on any atom is -0.478 e. The third-order valence-electron chi connectivity index (χ3n) is 0.175. The molecule has 0 heterocycles. The second-order valence-corrected chi connectivity index (χ2v) is 7.05. The first-order chi connectivity index (χ1) is 4.27. The first-order valence-corrected chi connectivity index (χ1v) is 6.30. The molecule has 3 nitrogen and oxygen atoms in total. The van der Waals surface area contributed by atoms with Gasteiger partial charge in [-0.05, 0) is 19.6 Å². The molecule has 60 valence electrons. The Balaban J connectivity index is 0. The van der Waals surface area contributed by atoms with Crippen molar-refractivity contribution in [3.8, 4) is 0 Å². The van der Waals surface area contributed by atoms with Crippen LogP contribution >= 0.6 is 0 Å². The van der Waals surface area contributed by atoms with Crippen molar-refractivity contribution in [2.45, 2.75) is 19.6 Å². The summed E-state index contributed by atoms with van der Waals surface area (Å²) in [7, 11) is -1.61. The highest BCUT2D eigenvalue weighted by molar-refractivity contribution is 6.68. The molecular formula is C6H14O3Si. The SMILES string of the molecule is C=CC(=O)O.C[Si](C)(C)O. The summed E-state index contributed by atoms with van der Waals surface area (Å²) in [6.07, 6.45) is 0.833. The van der Waals surface area contributed by atoms with Crippen molar-refractivity contribution in [2.24, 2.45) is 0 Å². The van der Waals surface area contributed by atoms with E-state index in [0.717, 1.165) is 6.08 Å². The van der Waals surface area contributed by atoms with Gasteiger partial charge in [-0.3, -0.25) is 0 Å². The number of rotatable bonds is 1. The van der Waals surface area contributed by atoms with Gasteiger partial charge < -0.3 is 9.90 Å². The number of carbonyl (C=O) groups is 1. The van der Waals surface area contributed by atoms with Crippen LogP contribution in [0.15, 0.2) is 12.7 Å². The molecule has 0 aliphatic heterocycles. The maximum atomic E-state index is 9.25. The van der Waals surface area contributed by atoms with Crippen molar-refractivity contribution < 1.29 is 14.7 Å². The number of aliphatic carboxylic acids is 1. The number of carboxylic acids is 1. The average molecular weight is 162 g/mol. The number of hydrogen-bond donors (Lipinski definition) is 2. The summed E-state index contributed by atoms with van der Waals surface area (Å²) in [5.74, 6) is -0.981. The Morgan fingerprint density at radius 2 is 1.60 bits per heavy atom. The van der Waals surface area contributed by atoms with Crippen LogP contribution < -0.4 is 0 Å². The van der Waals surface area contributed by atoms with E-state index in [1.54, 1.807) is 0 Å². The molecule has 2 N–H and O–H groups in total. The van der Waals surface area contributed by atoms with E-state index in [-0.39, 0.29) is 0 Å². The third-order valence-corrected chi connectivity index (χ3v) is 0.175. The van der Waals surface area contributed by atoms with Gasteiger partial charge in [0, 0.05) is 6.08 Å². The molecule has 0 unspecified atom stereocenters. The van der Waals surface area contributed by atoms with Gasteiger partial charge in [-0.15, -0.1) is 0 Å². The minimum atomic E-state index is -1.61. The van der Waals surface area contributed by atoms with E-state index in [2.05, 4.69) is 6.58 Å². The lowest BCUT2D eigenvalue weighted by Gasteiger charge is -2.00. The van der Waals surface area contributed by atoms with E-state index in [1.165, 1.54) is 0 Å². The van der Waals surface area contributed by atoms with Crippen molar-refractivity contribution in [1.29, 1.82) is 0 Å². The maximum absolute atomic E-state index is 9.25. The van der Waals surface area contributed by atoms with Crippen molar-refractivity contribution in [1.82, 2.24) is 0 Å². The molecule has 0 fully saturated rings. The fourth-order valence-corrected chi connectivity index (χ4v) is 0. The van der Waals surface area contributed by atoms with Gasteiger partial charge in [-0.25, -0.2) is 4.79 Å². The highest BCUT2D eigenvalue weighted by Crippen LogP contribution is 1.88. The third kappa shape index (κ3) is 157. The van der Waals surface area contributed by atoms with Crippen LogP contribution in [0, 0.1) is 0 Å². The zero-order valence-corrected chi connectivity index (χ0v) is 7.59. The Kier molecular flexibility index (Phi) is 6.28. The maximum Gasteiger partial charge on any atom is 0.327 e. The second-order valence-electron chi connectivity index (χ2n) is 2.71. The molecule has 0 amide bonds. The van der Waals surface area contributed by atoms with Crippen LogP contribution in [-0.2, 0) is 4.79 Å². The van der Waals surface area contributed by atoms with Crippen LogP contribution in [-0.4, -0.2) is 24.2 Å². The lowest BCUT2D eigenvalue weighted by molar-refractivity contribution is -0.131. The van der Waals surface area contributed by atoms with Gasteiger partial charge in [0.15, 0.2) is 8.32 Å². The molecule has 0 aliphatic rings. The summed E-state index contributed by atoms with van der Waals surface area (Å²) in [4.78, 5) is 17.9. The summed E-state index contributed by atoms with van der Waals surface area (Å²) < 4.78 is 0. The topological polar surface area (TPSA) is 57.5 Å². The van der Waals surface area contributed by atoms with Crippen LogP contribution in [0.4, 0.5) is 0 Å². The summed E-state index contributed by atoms with van der Waals surface area (Å²) >= 11 is 0. The number of carboxylic acid groups (broad SMARTS) is 1. The highest BCUT2D eigenvalue weighted by Gasteiger charge is 2.03. The molecule has 0 radical (unpaired) electrons. The fraction of sp³-hybridized carbons (Fsp3) is 0.500. The second kappa shape index (κ2) is 5.19. The molecule has 0 spiro atoms. The summed E-state index contributed by atoms with van der Waals surface area (Å²) in [5, 5.41) is 7.60. The summed E-state index contributed by atoms with van der Waals surface area (Å²) in [6, 6.07) is 0. The monoisotopic (exact) mass is 162 g/mol. The molecule has 0 atom stereocenters. The quantitative estimate of drug-likeness (QED) is 0.448. The van der Waals surface area contributed by atoms with Gasteiger partial charge in [-0.1, -0.05) is 6.58 Å². The molecule has 0 aromatic carbocycles. The Labute approximate surface area is 62.1 Å². The predicted molar refractivity (Wildman–Crippen MR) is 43.4 cm³/mol. The molecule has 0 saturated carbocycles. The van der Waals surface area contributed by atoms with Gasteiger partial charge >= 0.3 is 5.97 Å². The van der Waals surface area contributed by atoms with Crippen LogP contribution in [0.2, 0.25) is 19.6 Å². The van der Waals surface area contributed by atoms with Crippen molar-refractivity contribution in [2.75, 3.05) is 0 Å². The van der Waals surface area contributed by atoms with Crippen LogP contribution in [0.3, 0.4) is 0 Å². The first kappa shape index (κ1) is 12.1. The number of hydrogen-bond acceptors (Lipinski definition) is 2. The van der Waals surface area contributed by atoms with Crippen LogP contribution in [0.5, 0.6) is 0 Å². The molecule has 4 heteroatoms. The highest BCUT2D eigenvalue weighted by atomic mass is 28.4. The van der Waals surface area contributed by atoms with E-state index < -0.39 is 14.3 Å². The standard InChI is InChI=1S/C3H4O2.C3H10OSi/c1-2-3(4)5;1-5(2,3)4/h2H,1H2,(H,4,5);4H,1-3H3. The fourth-order valence-electron chi connectivity index (χ4n) is 0. The molecule has 0 saturated heterocycles. The van der Waals surface area contributed by atoms with Crippen LogP contribution in [0.25, 0.3) is 0 Å². The lowest BCUT2D eigenvalue weighted by Crippen LogP contribution is -2.17. The van der Waals surface area contributed by atoms with E-state index >= 15 is 0 Å². The Morgan fingerprint density at radius 1 is 1.50 bits per heavy atom. The van der Waals surface area contributed by atoms with Crippen molar-refractivity contribution in [3.05, 3.63) is 12.7 Å². The molecule has 10 heavy (non-hydrogen) atoms. The molecule has 0 aliphatic carbocycles. The summed E-state index contributed by atoms with van der Waals surface area (Å²) in [5.41, 5.74) is 0. The van der Waals surface area contributed by atoms with Gasteiger partial charge in [0.05, 0.1) is 0 Å². The molecule has 0 aromatic heterocycles. The van der Waals surface area contributed by atoms with Crippen molar-refractivity contribution in [3.63, 3.8) is 0 Å². The van der Waals surface area contributed by atoms with E-state index in [9.17, 15) is 4.79 Å². The average Bonchev–Trinajstić information content (AvgIpc) is 1.61. The Bertz CT molecular complexity index is 109. The van der Waals surface area contributed by atoms with Gasteiger partial charge in [0.25, 0.3) is 0 Å². The molecular weight excluding hydrogens is 148 g/mol. The smallest absolute Gasteiger partial charge is 0.327 e. The zero-order valence-electron chi connectivity index (χ0n) is 6.59. The van der Waals surface area contributed by atoms with Gasteiger partial charge in [0.2, 0.25) is 0 Å². The molecule has 0 bridgehead atoms. The zero-order chi connectivity index (χ0) is 8.78. The van der Waals surface area contributed by atoms with Gasteiger partial charge in [0.1, 0.15) is 0 Å². The van der Waals surface area contributed by atoms with Crippen molar-refractivity contribution >= 4 is 14.3 Å². The van der Waals surface area contributed by atoms with E-state index in [0.29, 0.717) is 0 Å². The van der Waals surface area contributed by atoms with Crippen LogP contribution in [0.1, 0.15) is 0 Å². The normalized spacial score (nSPS) is 9.20. The Morgan fingerprint density at radius 3 is 1.60 bits per heavy atom. The summed E-state index contributed by atoms with van der Waals surface area (Å²) in [6.45, 7) is 8.61. The first-order valence-electron chi connectivity index (χ1n) is 2.85. The minimum absolute atomic E-state index is 0.833. The molecule has 0 aromatic rings. The van der Waals surface area contributed by atoms with E-state index in [4.69, 9.17) is 9.90 Å². The largest absolute Gasteiger partial charge is 0.478 e. The lowest BCUT2D eigenvalue weighted by atomic mass is 10.7. The van der Waals surface area contributed by atoms with E-state index in [1.807, 2.05) is 19.6 Å². The van der Waals surface area contributed by atoms with Gasteiger partial charge in [-0.2, -0.15) is 0 Å². The molecule has 0 rings (SSSR count).